The highest BCUT2D eigenvalue weighted by Gasteiger charge is 2.19. The second-order valence-corrected chi connectivity index (χ2v) is 7.95. The van der Waals surface area contributed by atoms with Crippen molar-refractivity contribution in [3.05, 3.63) is 53.6 Å². The van der Waals surface area contributed by atoms with Crippen molar-refractivity contribution in [2.24, 2.45) is 5.14 Å². The van der Waals surface area contributed by atoms with Crippen molar-refractivity contribution in [1.29, 1.82) is 0 Å². The number of rotatable bonds is 4. The Labute approximate surface area is 132 Å². The Morgan fingerprint density at radius 1 is 0.913 bits per heavy atom. The molecule has 2 rings (SSSR count). The number of sulfonamides is 2. The second kappa shape index (κ2) is 5.87. The number of aryl methyl sites for hydroxylation is 1. The minimum absolute atomic E-state index is 0.257. The molecule has 0 spiro atoms. The first kappa shape index (κ1) is 17.3. The predicted octanol–water partition coefficient (Wildman–Crippen LogP) is 1.72. The summed E-state index contributed by atoms with van der Waals surface area (Å²) in [7, 11) is -8.35. The summed E-state index contributed by atoms with van der Waals surface area (Å²) in [4.78, 5) is -0.894. The van der Waals surface area contributed by atoms with Gasteiger partial charge in [-0.3, -0.25) is 4.72 Å². The first-order chi connectivity index (χ1) is 10.5. The van der Waals surface area contributed by atoms with Gasteiger partial charge in [0.2, 0.25) is 10.0 Å². The van der Waals surface area contributed by atoms with Crippen molar-refractivity contribution < 1.29 is 25.6 Å². The monoisotopic (exact) mass is 362 g/mol. The van der Waals surface area contributed by atoms with E-state index in [9.17, 15) is 25.6 Å². The topological polar surface area (TPSA) is 106 Å². The van der Waals surface area contributed by atoms with Gasteiger partial charge in [0.1, 0.15) is 11.6 Å². The molecule has 0 heterocycles. The summed E-state index contributed by atoms with van der Waals surface area (Å²) in [5.74, 6) is -1.86. The summed E-state index contributed by atoms with van der Waals surface area (Å²) in [6.45, 7) is 1.46. The van der Waals surface area contributed by atoms with E-state index in [0.717, 1.165) is 24.3 Å². The molecule has 2 aromatic carbocycles. The van der Waals surface area contributed by atoms with Crippen LogP contribution in [0.3, 0.4) is 0 Å². The summed E-state index contributed by atoms with van der Waals surface area (Å²) in [5.41, 5.74) is -0.231. The number of nitrogens with two attached hydrogens (primary N) is 1. The van der Waals surface area contributed by atoms with Crippen LogP contribution in [0.1, 0.15) is 5.56 Å². The molecule has 3 N–H and O–H groups in total. The molecule has 124 valence electrons. The van der Waals surface area contributed by atoms with E-state index >= 15 is 0 Å². The van der Waals surface area contributed by atoms with Crippen molar-refractivity contribution in [2.75, 3.05) is 4.72 Å². The Morgan fingerprint density at radius 3 is 2.00 bits per heavy atom. The van der Waals surface area contributed by atoms with Crippen LogP contribution in [-0.4, -0.2) is 16.8 Å². The molecule has 0 saturated carbocycles. The molecular formula is C13H12F2N2O4S2. The molecule has 0 amide bonds. The van der Waals surface area contributed by atoms with E-state index in [-0.39, 0.29) is 5.56 Å². The maximum Gasteiger partial charge on any atom is 0.262 e. The average molecular weight is 362 g/mol. The zero-order valence-electron chi connectivity index (χ0n) is 11.7. The molecule has 0 unspecified atom stereocenters. The molecule has 0 aliphatic rings. The summed E-state index contributed by atoms with van der Waals surface area (Å²) in [6, 6.07) is 5.68. The van der Waals surface area contributed by atoms with Gasteiger partial charge in [0.05, 0.1) is 15.5 Å². The van der Waals surface area contributed by atoms with Crippen LogP contribution in [-0.2, 0) is 20.0 Å². The Morgan fingerprint density at radius 2 is 1.48 bits per heavy atom. The molecule has 0 saturated heterocycles. The maximum atomic E-state index is 13.8. The quantitative estimate of drug-likeness (QED) is 0.864. The van der Waals surface area contributed by atoms with Crippen LogP contribution in [0.5, 0.6) is 0 Å². The zero-order chi connectivity index (χ0) is 17.4. The van der Waals surface area contributed by atoms with Crippen LogP contribution in [0.15, 0.2) is 46.2 Å². The molecule has 0 aliphatic heterocycles. The third-order valence-corrected chi connectivity index (χ3v) is 5.24. The van der Waals surface area contributed by atoms with Gasteiger partial charge in [-0.1, -0.05) is 6.07 Å². The average Bonchev–Trinajstić information content (AvgIpc) is 2.42. The molecule has 2 aromatic rings. The number of hydrogen-bond donors (Lipinski definition) is 2. The van der Waals surface area contributed by atoms with Crippen LogP contribution in [0.4, 0.5) is 14.5 Å². The summed E-state index contributed by atoms with van der Waals surface area (Å²) < 4.78 is 75.7. The summed E-state index contributed by atoms with van der Waals surface area (Å²) in [6.07, 6.45) is 0. The van der Waals surface area contributed by atoms with E-state index in [1.54, 1.807) is 0 Å². The van der Waals surface area contributed by atoms with Gasteiger partial charge in [-0.05, 0) is 42.8 Å². The highest BCUT2D eigenvalue weighted by atomic mass is 32.2. The van der Waals surface area contributed by atoms with E-state index in [1.165, 1.54) is 13.0 Å². The Bertz CT molecular complexity index is 973. The van der Waals surface area contributed by atoms with Gasteiger partial charge in [0.25, 0.3) is 10.0 Å². The predicted molar refractivity (Wildman–Crippen MR) is 79.7 cm³/mol. The smallest absolute Gasteiger partial charge is 0.262 e. The lowest BCUT2D eigenvalue weighted by molar-refractivity contribution is 0.590. The number of nitrogens with one attached hydrogen (secondary N) is 1. The number of primary sulfonamides is 1. The molecule has 10 heteroatoms. The summed E-state index contributed by atoms with van der Waals surface area (Å²) in [5, 5.41) is 4.85. The van der Waals surface area contributed by atoms with Crippen molar-refractivity contribution in [1.82, 2.24) is 0 Å². The Kier molecular flexibility index (Phi) is 4.42. The molecule has 0 aromatic heterocycles. The van der Waals surface area contributed by atoms with Gasteiger partial charge < -0.3 is 0 Å². The van der Waals surface area contributed by atoms with Gasteiger partial charge in [-0.25, -0.2) is 30.8 Å². The maximum absolute atomic E-state index is 13.8. The SMILES string of the molecule is Cc1ccc(S(=O)(=O)Nc2ccc(S(N)(=O)=O)cc2F)cc1F. The Hall–Kier alpha value is -2.04. The van der Waals surface area contributed by atoms with Gasteiger partial charge in [-0.2, -0.15) is 0 Å². The lowest BCUT2D eigenvalue weighted by Gasteiger charge is -2.10. The van der Waals surface area contributed by atoms with E-state index < -0.39 is 47.2 Å². The van der Waals surface area contributed by atoms with Crippen molar-refractivity contribution >= 4 is 25.7 Å². The Balaban J connectivity index is 2.39. The third kappa shape index (κ3) is 3.84. The fourth-order valence-electron chi connectivity index (χ4n) is 1.70. The standard InChI is InChI=1S/C13H12F2N2O4S2/c1-8-2-3-10(7-11(8)14)23(20,21)17-13-5-4-9(6-12(13)15)22(16,18)19/h2-7,17H,1H3,(H2,16,18,19). The first-order valence-corrected chi connectivity index (χ1v) is 9.15. The normalized spacial score (nSPS) is 12.2. The van der Waals surface area contributed by atoms with E-state index in [1.807, 2.05) is 4.72 Å². The van der Waals surface area contributed by atoms with Gasteiger partial charge in [0, 0.05) is 0 Å². The first-order valence-electron chi connectivity index (χ1n) is 6.12. The van der Waals surface area contributed by atoms with Crippen molar-refractivity contribution in [3.63, 3.8) is 0 Å². The van der Waals surface area contributed by atoms with Gasteiger partial charge >= 0.3 is 0 Å². The molecule has 0 radical (unpaired) electrons. The van der Waals surface area contributed by atoms with Gasteiger partial charge in [0.15, 0.2) is 0 Å². The van der Waals surface area contributed by atoms with Crippen LogP contribution in [0.25, 0.3) is 0 Å². The molecule has 0 aliphatic carbocycles. The minimum Gasteiger partial charge on any atom is -0.277 e. The third-order valence-electron chi connectivity index (χ3n) is 2.97. The van der Waals surface area contributed by atoms with Crippen LogP contribution < -0.4 is 9.86 Å². The number of benzene rings is 2. The molecule has 23 heavy (non-hydrogen) atoms. The molecule has 0 atom stereocenters. The number of halogens is 2. The number of anilines is 1. The highest BCUT2D eigenvalue weighted by molar-refractivity contribution is 7.92. The molecule has 0 fully saturated rings. The zero-order valence-corrected chi connectivity index (χ0v) is 13.4. The van der Waals surface area contributed by atoms with Crippen molar-refractivity contribution in [2.45, 2.75) is 16.7 Å². The molecule has 0 bridgehead atoms. The number of hydrogen-bond acceptors (Lipinski definition) is 4. The lowest BCUT2D eigenvalue weighted by atomic mass is 10.2. The molecular weight excluding hydrogens is 350 g/mol. The van der Waals surface area contributed by atoms with Crippen LogP contribution in [0.2, 0.25) is 0 Å². The van der Waals surface area contributed by atoms with Crippen LogP contribution >= 0.6 is 0 Å². The summed E-state index contributed by atoms with van der Waals surface area (Å²) >= 11 is 0. The van der Waals surface area contributed by atoms with E-state index in [4.69, 9.17) is 5.14 Å². The van der Waals surface area contributed by atoms with E-state index in [0.29, 0.717) is 6.07 Å². The molecule has 6 nitrogen and oxygen atoms in total. The second-order valence-electron chi connectivity index (χ2n) is 4.70. The fourth-order valence-corrected chi connectivity index (χ4v) is 3.30. The van der Waals surface area contributed by atoms with E-state index in [2.05, 4.69) is 0 Å². The van der Waals surface area contributed by atoms with Gasteiger partial charge in [-0.15, -0.1) is 0 Å². The highest BCUT2D eigenvalue weighted by Crippen LogP contribution is 2.22. The lowest BCUT2D eigenvalue weighted by Crippen LogP contribution is -2.16. The minimum atomic E-state index is -4.23. The largest absolute Gasteiger partial charge is 0.277 e. The van der Waals surface area contributed by atoms with Crippen LogP contribution in [0, 0.1) is 18.6 Å². The fraction of sp³-hybridized carbons (Fsp3) is 0.0769. The van der Waals surface area contributed by atoms with Crippen molar-refractivity contribution in [3.8, 4) is 0 Å².